The Morgan fingerprint density at radius 2 is 1.77 bits per heavy atom. The summed E-state index contributed by atoms with van der Waals surface area (Å²) in [4.78, 5) is 0. The van der Waals surface area contributed by atoms with E-state index in [1.54, 1.807) is 0 Å². The third kappa shape index (κ3) is 2.27. The average molecular weight is 247 g/mol. The predicted octanol–water partition coefficient (Wildman–Crippen LogP) is 3.65. The molecule has 1 saturated heterocycles. The highest BCUT2D eigenvalue weighted by Gasteiger charge is 2.39. The number of alkyl halides is 1. The molecule has 0 aromatic heterocycles. The molecule has 2 fully saturated rings. The summed E-state index contributed by atoms with van der Waals surface area (Å²) in [5.74, 6) is 0. The fraction of sp³-hybridized carbons (Fsp3) is 1.00. The van der Waals surface area contributed by atoms with Gasteiger partial charge in [-0.15, -0.1) is 0 Å². The highest BCUT2D eigenvalue weighted by Crippen LogP contribution is 2.41. The van der Waals surface area contributed by atoms with Gasteiger partial charge < -0.3 is 4.74 Å². The molecule has 2 heteroatoms. The van der Waals surface area contributed by atoms with E-state index < -0.39 is 0 Å². The third-order valence-corrected chi connectivity index (χ3v) is 4.25. The largest absolute Gasteiger partial charge is 0.371 e. The monoisotopic (exact) mass is 246 g/mol. The van der Waals surface area contributed by atoms with E-state index in [9.17, 15) is 0 Å². The zero-order valence-electron chi connectivity index (χ0n) is 8.23. The highest BCUT2D eigenvalue weighted by molar-refractivity contribution is 9.09. The van der Waals surface area contributed by atoms with Crippen LogP contribution >= 0.6 is 15.9 Å². The molecule has 0 amide bonds. The van der Waals surface area contributed by atoms with E-state index in [2.05, 4.69) is 15.9 Å². The van der Waals surface area contributed by atoms with Crippen molar-refractivity contribution in [2.24, 2.45) is 0 Å². The molecule has 2 aliphatic rings. The molecule has 1 spiro atoms. The number of hydrogen-bond donors (Lipinski definition) is 0. The summed E-state index contributed by atoms with van der Waals surface area (Å²) >= 11 is 3.52. The quantitative estimate of drug-likeness (QED) is 0.642. The van der Waals surface area contributed by atoms with Crippen LogP contribution in [0, 0.1) is 0 Å². The van der Waals surface area contributed by atoms with Crippen molar-refractivity contribution >= 4 is 15.9 Å². The topological polar surface area (TPSA) is 9.23 Å². The molecule has 1 nitrogen and oxygen atoms in total. The number of rotatable bonds is 1. The van der Waals surface area contributed by atoms with Gasteiger partial charge in [-0.05, 0) is 25.7 Å². The van der Waals surface area contributed by atoms with Crippen LogP contribution in [0.3, 0.4) is 0 Å². The van der Waals surface area contributed by atoms with Crippen molar-refractivity contribution in [3.05, 3.63) is 0 Å². The molecule has 0 aromatic rings. The molecule has 1 aliphatic heterocycles. The van der Waals surface area contributed by atoms with Crippen LogP contribution in [0.1, 0.15) is 51.4 Å². The lowest BCUT2D eigenvalue weighted by Gasteiger charge is -2.27. The van der Waals surface area contributed by atoms with Crippen LogP contribution < -0.4 is 0 Å². The summed E-state index contributed by atoms with van der Waals surface area (Å²) in [5.41, 5.74) is 0.301. The summed E-state index contributed by atoms with van der Waals surface area (Å²) in [5, 5.41) is 1.02. The molecule has 1 unspecified atom stereocenters. The minimum atomic E-state index is 0.301. The van der Waals surface area contributed by atoms with Crippen LogP contribution in [0.4, 0.5) is 0 Å². The van der Waals surface area contributed by atoms with Gasteiger partial charge in [-0.3, -0.25) is 0 Å². The van der Waals surface area contributed by atoms with Gasteiger partial charge in [0, 0.05) is 5.33 Å². The van der Waals surface area contributed by atoms with Crippen molar-refractivity contribution in [2.45, 2.75) is 63.1 Å². The van der Waals surface area contributed by atoms with Gasteiger partial charge in [0.05, 0.1) is 11.7 Å². The maximum atomic E-state index is 6.17. The number of hydrogen-bond acceptors (Lipinski definition) is 1. The second kappa shape index (κ2) is 4.31. The van der Waals surface area contributed by atoms with Gasteiger partial charge in [0.25, 0.3) is 0 Å². The fourth-order valence-corrected chi connectivity index (χ4v) is 3.20. The van der Waals surface area contributed by atoms with E-state index in [4.69, 9.17) is 4.74 Å². The fourth-order valence-electron chi connectivity index (χ4n) is 2.74. The molecule has 0 aromatic carbocycles. The molecular formula is C11H19BrO. The molecule has 0 radical (unpaired) electrons. The second-order valence-electron chi connectivity index (χ2n) is 4.53. The van der Waals surface area contributed by atoms with Crippen LogP contribution in [0.2, 0.25) is 0 Å². The molecule has 1 heterocycles. The summed E-state index contributed by atoms with van der Waals surface area (Å²) < 4.78 is 6.17. The molecular weight excluding hydrogens is 228 g/mol. The Kier molecular flexibility index (Phi) is 3.31. The normalized spacial score (nSPS) is 33.5. The number of ether oxygens (including phenoxy) is 1. The van der Waals surface area contributed by atoms with Gasteiger partial charge >= 0.3 is 0 Å². The van der Waals surface area contributed by atoms with Crippen molar-refractivity contribution in [1.29, 1.82) is 0 Å². The molecule has 1 aliphatic carbocycles. The minimum Gasteiger partial charge on any atom is -0.371 e. The first-order chi connectivity index (χ1) is 6.35. The van der Waals surface area contributed by atoms with Gasteiger partial charge in [-0.1, -0.05) is 41.6 Å². The molecule has 2 rings (SSSR count). The van der Waals surface area contributed by atoms with E-state index in [0.29, 0.717) is 11.7 Å². The SMILES string of the molecule is BrCC1CCC2(CCCCCC2)O1. The van der Waals surface area contributed by atoms with Crippen LogP contribution in [0.25, 0.3) is 0 Å². The average Bonchev–Trinajstić information content (AvgIpc) is 2.40. The maximum Gasteiger partial charge on any atom is 0.0687 e. The first kappa shape index (κ1) is 9.97. The zero-order chi connectivity index (χ0) is 9.15. The Bertz CT molecular complexity index is 161. The van der Waals surface area contributed by atoms with Gasteiger partial charge in [0.15, 0.2) is 0 Å². The summed E-state index contributed by atoms with van der Waals surface area (Å²) in [6.07, 6.45) is 11.3. The first-order valence-corrected chi connectivity index (χ1v) is 6.71. The van der Waals surface area contributed by atoms with Crippen LogP contribution in [-0.4, -0.2) is 17.0 Å². The molecule has 76 valence electrons. The van der Waals surface area contributed by atoms with E-state index in [1.165, 1.54) is 51.4 Å². The van der Waals surface area contributed by atoms with Crippen molar-refractivity contribution in [3.8, 4) is 0 Å². The summed E-state index contributed by atoms with van der Waals surface area (Å²) in [7, 11) is 0. The zero-order valence-corrected chi connectivity index (χ0v) is 9.81. The standard InChI is InChI=1S/C11H19BrO/c12-9-10-5-8-11(13-10)6-3-1-2-4-7-11/h10H,1-9H2. The van der Waals surface area contributed by atoms with Gasteiger partial charge in [0.2, 0.25) is 0 Å². The number of halogens is 1. The van der Waals surface area contributed by atoms with Crippen LogP contribution in [-0.2, 0) is 4.74 Å². The van der Waals surface area contributed by atoms with E-state index in [0.717, 1.165) is 5.33 Å². The van der Waals surface area contributed by atoms with Crippen molar-refractivity contribution in [3.63, 3.8) is 0 Å². The molecule has 1 atom stereocenters. The van der Waals surface area contributed by atoms with E-state index in [-0.39, 0.29) is 0 Å². The van der Waals surface area contributed by atoms with Crippen molar-refractivity contribution in [1.82, 2.24) is 0 Å². The predicted molar refractivity (Wildman–Crippen MR) is 58.3 cm³/mol. The Morgan fingerprint density at radius 1 is 1.08 bits per heavy atom. The Labute approximate surface area is 89.4 Å². The van der Waals surface area contributed by atoms with Gasteiger partial charge in [-0.25, -0.2) is 0 Å². The molecule has 1 saturated carbocycles. The van der Waals surface area contributed by atoms with E-state index >= 15 is 0 Å². The van der Waals surface area contributed by atoms with Gasteiger partial charge in [0.1, 0.15) is 0 Å². The van der Waals surface area contributed by atoms with Crippen molar-refractivity contribution < 1.29 is 4.74 Å². The smallest absolute Gasteiger partial charge is 0.0687 e. The summed E-state index contributed by atoms with van der Waals surface area (Å²) in [6.45, 7) is 0. The van der Waals surface area contributed by atoms with Crippen LogP contribution in [0.5, 0.6) is 0 Å². The van der Waals surface area contributed by atoms with Gasteiger partial charge in [-0.2, -0.15) is 0 Å². The Hall–Kier alpha value is 0.440. The first-order valence-electron chi connectivity index (χ1n) is 5.58. The lowest BCUT2D eigenvalue weighted by molar-refractivity contribution is -0.0416. The molecule has 0 N–H and O–H groups in total. The third-order valence-electron chi connectivity index (χ3n) is 3.53. The minimum absolute atomic E-state index is 0.301. The van der Waals surface area contributed by atoms with Crippen LogP contribution in [0.15, 0.2) is 0 Å². The molecule has 0 bridgehead atoms. The summed E-state index contributed by atoms with van der Waals surface area (Å²) in [6, 6.07) is 0. The second-order valence-corrected chi connectivity index (χ2v) is 5.18. The maximum absolute atomic E-state index is 6.17. The van der Waals surface area contributed by atoms with E-state index in [1.807, 2.05) is 0 Å². The lowest BCUT2D eigenvalue weighted by Crippen LogP contribution is -2.28. The highest BCUT2D eigenvalue weighted by atomic mass is 79.9. The Balaban J connectivity index is 1.95. The molecule has 13 heavy (non-hydrogen) atoms. The Morgan fingerprint density at radius 3 is 2.31 bits per heavy atom. The lowest BCUT2D eigenvalue weighted by atomic mass is 9.91. The van der Waals surface area contributed by atoms with Crippen molar-refractivity contribution in [2.75, 3.05) is 5.33 Å².